The Bertz CT molecular complexity index is 946. The van der Waals surface area contributed by atoms with Crippen LogP contribution in [-0.2, 0) is 6.61 Å². The first-order valence-corrected chi connectivity index (χ1v) is 8.41. The molecular weight excluding hydrogens is 378 g/mol. The Balaban J connectivity index is 1.60. The van der Waals surface area contributed by atoms with Gasteiger partial charge >= 0.3 is 0 Å². The topological polar surface area (TPSA) is 39.4 Å². The van der Waals surface area contributed by atoms with E-state index in [1.807, 2.05) is 0 Å². The van der Waals surface area contributed by atoms with Gasteiger partial charge in [-0.2, -0.15) is 0 Å². The molecule has 0 amide bonds. The summed E-state index contributed by atoms with van der Waals surface area (Å²) in [5.41, 5.74) is 0.398. The van der Waals surface area contributed by atoms with Crippen molar-refractivity contribution < 1.29 is 18.3 Å². The molecule has 3 aromatic rings. The van der Waals surface area contributed by atoms with Gasteiger partial charge in [0.1, 0.15) is 29.7 Å². The van der Waals surface area contributed by atoms with Crippen molar-refractivity contribution in [3.63, 3.8) is 0 Å². The van der Waals surface area contributed by atoms with Gasteiger partial charge < -0.3 is 9.15 Å². The summed E-state index contributed by atoms with van der Waals surface area (Å²) >= 11 is 11.9. The number of carbonyl (C=O) groups excluding carboxylic acids is 1. The van der Waals surface area contributed by atoms with Gasteiger partial charge in [-0.25, -0.2) is 4.39 Å². The number of furan rings is 1. The molecule has 0 aliphatic heterocycles. The third kappa shape index (κ3) is 4.75. The van der Waals surface area contributed by atoms with E-state index in [0.29, 0.717) is 32.9 Å². The summed E-state index contributed by atoms with van der Waals surface area (Å²) in [7, 11) is 0. The Morgan fingerprint density at radius 2 is 1.85 bits per heavy atom. The molecule has 0 N–H and O–H groups in total. The number of rotatable bonds is 6. The molecule has 1 heterocycles. The lowest BCUT2D eigenvalue weighted by molar-refractivity contribution is 0.104. The molecule has 6 heteroatoms. The van der Waals surface area contributed by atoms with Crippen molar-refractivity contribution in [1.29, 1.82) is 0 Å². The molecule has 3 nitrogen and oxygen atoms in total. The zero-order valence-corrected chi connectivity index (χ0v) is 14.9. The van der Waals surface area contributed by atoms with E-state index in [9.17, 15) is 9.18 Å². The minimum absolute atomic E-state index is 0.182. The van der Waals surface area contributed by atoms with Crippen molar-refractivity contribution in [2.75, 3.05) is 0 Å². The second kappa shape index (κ2) is 8.21. The van der Waals surface area contributed by atoms with E-state index in [4.69, 9.17) is 32.4 Å². The standard InChI is InChI=1S/C20H13Cl2FO3/c21-14-3-10-20(18(22)11-14)25-12-17-7-6-16(26-17)8-9-19(24)13-1-4-15(23)5-2-13/h1-11H,12H2/b9-8+. The Labute approximate surface area is 159 Å². The Morgan fingerprint density at radius 1 is 1.08 bits per heavy atom. The number of ketones is 1. The van der Waals surface area contributed by atoms with E-state index in [2.05, 4.69) is 0 Å². The van der Waals surface area contributed by atoms with E-state index in [-0.39, 0.29) is 18.2 Å². The lowest BCUT2D eigenvalue weighted by Crippen LogP contribution is -1.94. The maximum absolute atomic E-state index is 12.9. The summed E-state index contributed by atoms with van der Waals surface area (Å²) in [5.74, 6) is 0.941. The average molecular weight is 391 g/mol. The predicted molar refractivity (Wildman–Crippen MR) is 99.3 cm³/mol. The molecule has 1 aromatic heterocycles. The van der Waals surface area contributed by atoms with Gasteiger partial charge in [-0.05, 0) is 66.7 Å². The predicted octanol–water partition coefficient (Wildman–Crippen LogP) is 6.20. The Hall–Kier alpha value is -2.56. The van der Waals surface area contributed by atoms with E-state index < -0.39 is 0 Å². The van der Waals surface area contributed by atoms with Crippen molar-refractivity contribution in [2.45, 2.75) is 6.61 Å². The fraction of sp³-hybridized carbons (Fsp3) is 0.0500. The number of allylic oxidation sites excluding steroid dienone is 1. The molecule has 2 aromatic carbocycles. The summed E-state index contributed by atoms with van der Waals surface area (Å²) in [4.78, 5) is 12.0. The van der Waals surface area contributed by atoms with Gasteiger partial charge in [0.25, 0.3) is 0 Å². The lowest BCUT2D eigenvalue weighted by atomic mass is 10.1. The first-order valence-electron chi connectivity index (χ1n) is 7.66. The molecule has 0 unspecified atom stereocenters. The van der Waals surface area contributed by atoms with Crippen molar-refractivity contribution >= 4 is 35.1 Å². The summed E-state index contributed by atoms with van der Waals surface area (Å²) in [6, 6.07) is 13.8. The zero-order chi connectivity index (χ0) is 18.5. The van der Waals surface area contributed by atoms with Crippen LogP contribution in [0, 0.1) is 5.82 Å². The van der Waals surface area contributed by atoms with Crippen LogP contribution >= 0.6 is 23.2 Å². The van der Waals surface area contributed by atoms with E-state index >= 15 is 0 Å². The summed E-state index contributed by atoms with van der Waals surface area (Å²) in [5, 5.41) is 0.938. The minimum Gasteiger partial charge on any atom is -0.484 e. The van der Waals surface area contributed by atoms with Crippen LogP contribution < -0.4 is 4.74 Å². The molecule has 0 bridgehead atoms. The highest BCUT2D eigenvalue weighted by Crippen LogP contribution is 2.28. The molecule has 3 rings (SSSR count). The molecule has 0 spiro atoms. The maximum Gasteiger partial charge on any atom is 0.185 e. The molecule has 0 saturated carbocycles. The third-order valence-corrected chi connectivity index (χ3v) is 4.00. The molecule has 0 radical (unpaired) electrons. The lowest BCUT2D eigenvalue weighted by Gasteiger charge is -2.06. The second-order valence-electron chi connectivity index (χ2n) is 5.37. The van der Waals surface area contributed by atoms with Crippen LogP contribution in [0.3, 0.4) is 0 Å². The number of benzene rings is 2. The Morgan fingerprint density at radius 3 is 2.58 bits per heavy atom. The highest BCUT2D eigenvalue weighted by molar-refractivity contribution is 6.35. The van der Waals surface area contributed by atoms with Gasteiger partial charge in [-0.3, -0.25) is 4.79 Å². The third-order valence-electron chi connectivity index (χ3n) is 3.47. The van der Waals surface area contributed by atoms with Crippen LogP contribution in [0.5, 0.6) is 5.75 Å². The van der Waals surface area contributed by atoms with E-state index in [0.717, 1.165) is 0 Å². The van der Waals surface area contributed by atoms with Crippen LogP contribution in [0.15, 0.2) is 65.1 Å². The zero-order valence-electron chi connectivity index (χ0n) is 13.4. The fourth-order valence-electron chi connectivity index (χ4n) is 2.17. The molecule has 0 saturated heterocycles. The van der Waals surface area contributed by atoms with Crippen LogP contribution in [0.25, 0.3) is 6.08 Å². The van der Waals surface area contributed by atoms with Gasteiger partial charge in [0.05, 0.1) is 5.02 Å². The van der Waals surface area contributed by atoms with Crippen molar-refractivity contribution in [1.82, 2.24) is 0 Å². The monoisotopic (exact) mass is 390 g/mol. The second-order valence-corrected chi connectivity index (χ2v) is 6.22. The number of ether oxygens (including phenoxy) is 1. The van der Waals surface area contributed by atoms with Crippen LogP contribution in [0.2, 0.25) is 10.0 Å². The first kappa shape index (κ1) is 18.2. The van der Waals surface area contributed by atoms with Crippen LogP contribution in [0.1, 0.15) is 21.9 Å². The first-order chi connectivity index (χ1) is 12.5. The number of hydrogen-bond acceptors (Lipinski definition) is 3. The largest absolute Gasteiger partial charge is 0.484 e. The smallest absolute Gasteiger partial charge is 0.185 e. The van der Waals surface area contributed by atoms with Crippen molar-refractivity contribution in [3.05, 3.63) is 93.6 Å². The quantitative estimate of drug-likeness (QED) is 0.371. The number of halogens is 3. The van der Waals surface area contributed by atoms with Crippen LogP contribution in [-0.4, -0.2) is 5.78 Å². The normalized spacial score (nSPS) is 11.0. The van der Waals surface area contributed by atoms with Crippen molar-refractivity contribution in [2.24, 2.45) is 0 Å². The fourth-order valence-corrected chi connectivity index (χ4v) is 2.63. The summed E-state index contributed by atoms with van der Waals surface area (Å²) < 4.78 is 24.0. The highest BCUT2D eigenvalue weighted by Gasteiger charge is 2.06. The molecule has 0 aliphatic carbocycles. The number of hydrogen-bond donors (Lipinski definition) is 0. The molecule has 0 aliphatic rings. The SMILES string of the molecule is O=C(/C=C/c1ccc(COc2ccc(Cl)cc2Cl)o1)c1ccc(F)cc1. The average Bonchev–Trinajstić information content (AvgIpc) is 3.07. The van der Waals surface area contributed by atoms with Crippen LogP contribution in [0.4, 0.5) is 4.39 Å². The molecule has 0 fully saturated rings. The van der Waals surface area contributed by atoms with Gasteiger partial charge in [-0.1, -0.05) is 23.2 Å². The van der Waals surface area contributed by atoms with Gasteiger partial charge in [0, 0.05) is 10.6 Å². The minimum atomic E-state index is -0.387. The van der Waals surface area contributed by atoms with Crippen molar-refractivity contribution in [3.8, 4) is 5.75 Å². The number of carbonyl (C=O) groups is 1. The van der Waals surface area contributed by atoms with E-state index in [1.54, 1.807) is 36.4 Å². The molecular formula is C20H13Cl2FO3. The Kier molecular flexibility index (Phi) is 5.76. The molecule has 0 atom stereocenters. The summed E-state index contributed by atoms with van der Waals surface area (Å²) in [6.45, 7) is 0.182. The van der Waals surface area contributed by atoms with E-state index in [1.165, 1.54) is 30.3 Å². The van der Waals surface area contributed by atoms with Gasteiger partial charge in [0.2, 0.25) is 0 Å². The van der Waals surface area contributed by atoms with Gasteiger partial charge in [-0.15, -0.1) is 0 Å². The molecule has 26 heavy (non-hydrogen) atoms. The summed E-state index contributed by atoms with van der Waals surface area (Å²) in [6.07, 6.45) is 2.91. The maximum atomic E-state index is 12.9. The van der Waals surface area contributed by atoms with Gasteiger partial charge in [0.15, 0.2) is 5.78 Å². The highest BCUT2D eigenvalue weighted by atomic mass is 35.5. The molecule has 132 valence electrons.